The van der Waals surface area contributed by atoms with E-state index in [-0.39, 0.29) is 35.1 Å². The maximum atomic E-state index is 12.5. The maximum Gasteiger partial charge on any atom is 1.00 e. The molecule has 1 fully saturated rings. The van der Waals surface area contributed by atoms with E-state index >= 15 is 0 Å². The van der Waals surface area contributed by atoms with Gasteiger partial charge in [-0.1, -0.05) is 0 Å². The summed E-state index contributed by atoms with van der Waals surface area (Å²) in [5, 5.41) is 9.83. The van der Waals surface area contributed by atoms with Crippen LogP contribution >= 0.6 is 0 Å². The monoisotopic (exact) mass is 423 g/mol. The molecule has 12 heteroatoms. The van der Waals surface area contributed by atoms with Crippen LogP contribution in [0.15, 0.2) is 22.9 Å². The Kier molecular flexibility index (Phi) is 7.27. The van der Waals surface area contributed by atoms with Gasteiger partial charge in [0.05, 0.1) is 23.0 Å². The van der Waals surface area contributed by atoms with Crippen LogP contribution in [-0.2, 0) is 38.5 Å². The van der Waals surface area contributed by atoms with Crippen molar-refractivity contribution in [1.29, 1.82) is 0 Å². The van der Waals surface area contributed by atoms with Gasteiger partial charge in [-0.25, -0.2) is 13.2 Å². The van der Waals surface area contributed by atoms with Crippen molar-refractivity contribution >= 4 is 33.7 Å². The number of ether oxygens (including phenoxy) is 2. The predicted molar refractivity (Wildman–Crippen MR) is 87.0 cm³/mol. The normalized spacial score (nSPS) is 22.0. The van der Waals surface area contributed by atoms with E-state index in [4.69, 9.17) is 4.74 Å². The summed E-state index contributed by atoms with van der Waals surface area (Å²) in [4.78, 5) is 47.1. The first-order valence-electron chi connectivity index (χ1n) is 7.81. The fraction of sp³-hybridized carbons (Fsp3) is 0.500. The zero-order valence-corrected chi connectivity index (χ0v) is 18.9. The fourth-order valence-electron chi connectivity index (χ4n) is 2.69. The molecule has 28 heavy (non-hydrogen) atoms. The molecule has 2 aliphatic heterocycles. The number of carbonyl (C=O) groups excluding carboxylic acids is 4. The Balaban J connectivity index is 0.00000392. The summed E-state index contributed by atoms with van der Waals surface area (Å²) in [5.74, 6) is -5.20. The number of esters is 2. The Morgan fingerprint density at radius 1 is 1.29 bits per heavy atom. The standard InChI is InChI=1S/C16H19NO9S.Na/c1-8(18)25-6-9-7-27(23,24)14-10(5-11(19)26-16(2,3)4)13(20)17(14)12(9)15(21)22;/h5,14H,6-7H2,1-4H3,(H,21,22);/q;+1/p-1/b10-5-;/t14-;/m1./s1. The van der Waals surface area contributed by atoms with E-state index in [0.717, 1.165) is 13.0 Å². The van der Waals surface area contributed by atoms with Crippen molar-refractivity contribution in [3.63, 3.8) is 0 Å². The minimum absolute atomic E-state index is 0. The third-order valence-electron chi connectivity index (χ3n) is 3.58. The molecule has 1 saturated heterocycles. The summed E-state index contributed by atoms with van der Waals surface area (Å²) in [6, 6.07) is 0. The molecule has 1 atom stereocenters. The molecule has 2 aliphatic rings. The molecule has 0 spiro atoms. The molecule has 0 radical (unpaired) electrons. The molecule has 0 saturated carbocycles. The Bertz CT molecular complexity index is 896. The Morgan fingerprint density at radius 3 is 2.32 bits per heavy atom. The van der Waals surface area contributed by atoms with Crippen molar-refractivity contribution in [2.75, 3.05) is 12.4 Å². The summed E-state index contributed by atoms with van der Waals surface area (Å²) < 4.78 is 34.7. The minimum Gasteiger partial charge on any atom is -0.543 e. The molecule has 0 bridgehead atoms. The average Bonchev–Trinajstić information content (AvgIpc) is 2.47. The molecule has 10 nitrogen and oxygen atoms in total. The van der Waals surface area contributed by atoms with Gasteiger partial charge in [-0.15, -0.1) is 0 Å². The summed E-state index contributed by atoms with van der Waals surface area (Å²) in [7, 11) is -4.07. The van der Waals surface area contributed by atoms with E-state index in [0.29, 0.717) is 4.90 Å². The number of rotatable bonds is 4. The van der Waals surface area contributed by atoms with Gasteiger partial charge in [-0.05, 0) is 20.8 Å². The number of aliphatic carboxylic acids is 1. The topological polar surface area (TPSA) is 147 Å². The van der Waals surface area contributed by atoms with Gasteiger partial charge in [-0.3, -0.25) is 14.5 Å². The van der Waals surface area contributed by atoms with Gasteiger partial charge in [0.2, 0.25) is 0 Å². The van der Waals surface area contributed by atoms with E-state index in [1.165, 1.54) is 0 Å². The third kappa shape index (κ3) is 5.02. The van der Waals surface area contributed by atoms with Gasteiger partial charge in [0.1, 0.15) is 12.2 Å². The molecular formula is C16H18NNaO9S. The molecule has 0 aromatic heterocycles. The van der Waals surface area contributed by atoms with E-state index in [2.05, 4.69) is 4.74 Å². The first kappa shape index (κ1) is 24.3. The molecular weight excluding hydrogens is 405 g/mol. The van der Waals surface area contributed by atoms with Crippen LogP contribution in [0.3, 0.4) is 0 Å². The number of carboxylic acid groups (broad SMARTS) is 1. The van der Waals surface area contributed by atoms with Crippen molar-refractivity contribution < 1.29 is 71.7 Å². The van der Waals surface area contributed by atoms with Crippen LogP contribution in [-0.4, -0.2) is 60.5 Å². The van der Waals surface area contributed by atoms with Gasteiger partial charge in [0.25, 0.3) is 5.91 Å². The zero-order valence-electron chi connectivity index (χ0n) is 16.1. The smallest absolute Gasteiger partial charge is 0.543 e. The first-order chi connectivity index (χ1) is 12.2. The van der Waals surface area contributed by atoms with Crippen molar-refractivity contribution in [2.24, 2.45) is 0 Å². The van der Waals surface area contributed by atoms with Crippen LogP contribution in [0.4, 0.5) is 0 Å². The molecule has 2 rings (SSSR count). The summed E-state index contributed by atoms with van der Waals surface area (Å²) in [6.07, 6.45) is 0.746. The molecule has 0 aliphatic carbocycles. The van der Waals surface area contributed by atoms with Gasteiger partial charge < -0.3 is 19.4 Å². The number of nitrogens with zero attached hydrogens (tertiary/aromatic N) is 1. The quantitative estimate of drug-likeness (QED) is 0.189. The average molecular weight is 423 g/mol. The fourth-order valence-corrected chi connectivity index (χ4v) is 4.63. The second-order valence-corrected chi connectivity index (χ2v) is 9.05. The number of hydrogen-bond acceptors (Lipinski definition) is 9. The number of amides is 1. The molecule has 0 N–H and O–H groups in total. The maximum absolute atomic E-state index is 12.5. The number of hydrogen-bond donors (Lipinski definition) is 0. The van der Waals surface area contributed by atoms with E-state index < -0.39 is 68.3 Å². The van der Waals surface area contributed by atoms with Crippen LogP contribution in [0.1, 0.15) is 27.7 Å². The van der Waals surface area contributed by atoms with Crippen molar-refractivity contribution in [2.45, 2.75) is 38.7 Å². The van der Waals surface area contributed by atoms with Crippen LogP contribution in [0.5, 0.6) is 0 Å². The number of carbonyl (C=O) groups is 4. The van der Waals surface area contributed by atoms with Crippen molar-refractivity contribution in [3.05, 3.63) is 22.9 Å². The molecule has 148 valence electrons. The van der Waals surface area contributed by atoms with Gasteiger partial charge in [0.15, 0.2) is 15.2 Å². The third-order valence-corrected chi connectivity index (χ3v) is 5.48. The van der Waals surface area contributed by atoms with E-state index in [9.17, 15) is 32.7 Å². The molecule has 0 unspecified atom stereocenters. The van der Waals surface area contributed by atoms with E-state index in [1.54, 1.807) is 20.8 Å². The molecule has 2 heterocycles. The SMILES string of the molecule is CC(=O)OCC1=C(C(=O)[O-])N2C(=O)/C(=C/C(=O)OC(C)(C)C)[C@H]2S(=O)(=O)C1.[Na+]. The Morgan fingerprint density at radius 2 is 1.86 bits per heavy atom. The zero-order chi connectivity index (χ0) is 20.7. The second kappa shape index (κ2) is 8.36. The summed E-state index contributed by atoms with van der Waals surface area (Å²) in [5.41, 5.74) is -2.22. The number of fused-ring (bicyclic) bond motifs is 1. The van der Waals surface area contributed by atoms with Gasteiger partial charge >= 0.3 is 41.5 Å². The summed E-state index contributed by atoms with van der Waals surface area (Å²) >= 11 is 0. The van der Waals surface area contributed by atoms with Gasteiger partial charge in [0, 0.05) is 18.6 Å². The van der Waals surface area contributed by atoms with Crippen LogP contribution in [0.2, 0.25) is 0 Å². The Hall–Kier alpha value is -1.69. The van der Waals surface area contributed by atoms with E-state index in [1.807, 2.05) is 0 Å². The Labute approximate surface area is 183 Å². The van der Waals surface area contributed by atoms with Crippen molar-refractivity contribution in [1.82, 2.24) is 4.90 Å². The summed E-state index contributed by atoms with van der Waals surface area (Å²) in [6.45, 7) is 5.23. The minimum atomic E-state index is -4.07. The number of β-lactam (4-membered cyclic amide) rings is 1. The first-order valence-corrected chi connectivity index (χ1v) is 9.52. The van der Waals surface area contributed by atoms with Crippen LogP contribution in [0.25, 0.3) is 0 Å². The predicted octanol–water partition coefficient (Wildman–Crippen LogP) is -4.58. The van der Waals surface area contributed by atoms with Crippen LogP contribution < -0.4 is 34.7 Å². The van der Waals surface area contributed by atoms with Crippen molar-refractivity contribution in [3.8, 4) is 0 Å². The number of sulfone groups is 1. The number of carboxylic acids is 1. The largest absolute Gasteiger partial charge is 1.00 e. The van der Waals surface area contributed by atoms with Gasteiger partial charge in [-0.2, -0.15) is 0 Å². The molecule has 0 aromatic carbocycles. The second-order valence-electron chi connectivity index (χ2n) is 6.99. The molecule has 0 aromatic rings. The van der Waals surface area contributed by atoms with Crippen LogP contribution in [0, 0.1) is 0 Å². The molecule has 1 amide bonds.